The Kier molecular flexibility index (Phi) is 8.94. The Hall–Kier alpha value is -1.56. The van der Waals surface area contributed by atoms with Crippen LogP contribution in [0.2, 0.25) is 22.2 Å². The van der Waals surface area contributed by atoms with Crippen LogP contribution in [0.5, 0.6) is 0 Å². The van der Waals surface area contributed by atoms with Gasteiger partial charge in [-0.25, -0.2) is 4.79 Å². The Balaban J connectivity index is 2.34. The second-order valence-electron chi connectivity index (χ2n) is 10.7. The molecule has 2 heterocycles. The third kappa shape index (κ3) is 5.17. The van der Waals surface area contributed by atoms with Crippen molar-refractivity contribution < 1.29 is 18.1 Å². The van der Waals surface area contributed by atoms with Crippen LogP contribution in [0, 0.1) is 17.2 Å². The molecule has 0 spiro atoms. The van der Waals surface area contributed by atoms with E-state index in [1.807, 2.05) is 34.6 Å². The number of nitrogen functional groups attached to an aromatic ring is 1. The average molecular weight is 511 g/mol. The van der Waals surface area contributed by atoms with Crippen LogP contribution in [-0.2, 0) is 19.0 Å². The summed E-state index contributed by atoms with van der Waals surface area (Å²) in [5.74, 6) is -0.185. The van der Waals surface area contributed by atoms with Crippen molar-refractivity contribution in [1.29, 1.82) is 5.26 Å². The summed E-state index contributed by atoms with van der Waals surface area (Å²) in [6.45, 7) is 18.5. The van der Waals surface area contributed by atoms with Crippen LogP contribution in [0.1, 0.15) is 68.7 Å². The van der Waals surface area contributed by atoms with Crippen molar-refractivity contribution in [2.45, 2.75) is 103 Å². The van der Waals surface area contributed by atoms with Gasteiger partial charge in [-0.1, -0.05) is 62.3 Å². The molecule has 192 valence electrons. The number of aromatic nitrogens is 2. The average Bonchev–Trinajstić information content (AvgIpc) is 3.06. The number of rotatable bonds is 10. The molecule has 1 aromatic rings. The lowest BCUT2D eigenvalue weighted by Gasteiger charge is -2.46. The minimum atomic E-state index is -3.08. The molecule has 11 heteroatoms. The van der Waals surface area contributed by atoms with Gasteiger partial charge >= 0.3 is 22.8 Å². The molecule has 3 atom stereocenters. The zero-order chi connectivity index (χ0) is 26.1. The fourth-order valence-electron chi connectivity index (χ4n) is 4.87. The first-order valence-electron chi connectivity index (χ1n) is 12.2. The number of nitrogens with two attached hydrogens (primary N) is 1. The number of ether oxygens (including phenoxy) is 1. The third-order valence-corrected chi connectivity index (χ3v) is 16.8. The number of hydrogen-bond donors (Lipinski definition) is 2. The van der Waals surface area contributed by atoms with E-state index < -0.39 is 34.6 Å². The Morgan fingerprint density at radius 2 is 1.79 bits per heavy atom. The predicted octanol–water partition coefficient (Wildman–Crippen LogP) is 3.98. The van der Waals surface area contributed by atoms with E-state index in [1.165, 1.54) is 16.8 Å². The van der Waals surface area contributed by atoms with Crippen LogP contribution in [0.25, 0.3) is 0 Å². The number of nitriles is 1. The maximum Gasteiger partial charge on any atom is 0.352 e. The summed E-state index contributed by atoms with van der Waals surface area (Å²) in [5, 5.41) is 10.1. The van der Waals surface area contributed by atoms with E-state index in [2.05, 4.69) is 38.7 Å². The smallest absolute Gasteiger partial charge is 0.352 e. The molecule has 1 aromatic heterocycles. The minimum absolute atomic E-state index is 0.0133. The summed E-state index contributed by atoms with van der Waals surface area (Å²) in [4.78, 5) is 27.9. The van der Waals surface area contributed by atoms with Crippen molar-refractivity contribution >= 4 is 22.9 Å². The largest absolute Gasteiger partial charge is 0.414 e. The summed E-state index contributed by atoms with van der Waals surface area (Å²) < 4.78 is 20.8. The van der Waals surface area contributed by atoms with E-state index in [0.29, 0.717) is 6.42 Å². The first kappa shape index (κ1) is 28.7. The predicted molar refractivity (Wildman–Crippen MR) is 136 cm³/mol. The third-order valence-electron chi connectivity index (χ3n) is 7.06. The van der Waals surface area contributed by atoms with E-state index in [1.54, 1.807) is 0 Å². The molecule has 0 aliphatic carbocycles. The maximum absolute atomic E-state index is 12.5. The monoisotopic (exact) mass is 510 g/mol. The normalized spacial score (nSPS) is 23.9. The van der Waals surface area contributed by atoms with E-state index in [-0.39, 0.29) is 40.5 Å². The highest BCUT2D eigenvalue weighted by molar-refractivity contribution is 6.83. The molecule has 0 radical (unpaired) electrons. The zero-order valence-electron chi connectivity index (χ0n) is 22.0. The molecular formula is C23H42N4O5Si2. The molecule has 1 aliphatic rings. The molecule has 1 fully saturated rings. The van der Waals surface area contributed by atoms with Gasteiger partial charge < -0.3 is 23.8 Å². The molecule has 34 heavy (non-hydrogen) atoms. The lowest BCUT2D eigenvalue weighted by molar-refractivity contribution is -0.0874. The van der Waals surface area contributed by atoms with Crippen LogP contribution >= 0.6 is 0 Å². The van der Waals surface area contributed by atoms with Gasteiger partial charge in [0, 0.05) is 12.1 Å². The van der Waals surface area contributed by atoms with E-state index in [9.17, 15) is 14.9 Å². The molecular weight excluding hydrogens is 468 g/mol. The van der Waals surface area contributed by atoms with Crippen molar-refractivity contribution in [3.05, 3.63) is 22.7 Å². The van der Waals surface area contributed by atoms with Crippen LogP contribution in [-0.4, -0.2) is 44.2 Å². The van der Waals surface area contributed by atoms with Gasteiger partial charge in [0.05, 0.1) is 12.7 Å². The molecule has 9 nitrogen and oxygen atoms in total. The molecule has 3 unspecified atom stereocenters. The summed E-state index contributed by atoms with van der Waals surface area (Å²) in [7, 11) is -5.98. The van der Waals surface area contributed by atoms with Gasteiger partial charge in [-0.3, -0.25) is 4.57 Å². The second-order valence-corrected chi connectivity index (χ2v) is 19.4. The van der Waals surface area contributed by atoms with Crippen molar-refractivity contribution in [2.24, 2.45) is 5.92 Å². The maximum atomic E-state index is 12.5. The lowest BCUT2D eigenvalue weighted by atomic mass is 9.96. The molecule has 3 N–H and O–H groups in total. The van der Waals surface area contributed by atoms with Crippen LogP contribution in [0.15, 0.2) is 17.1 Å². The van der Waals surface area contributed by atoms with Crippen LogP contribution in [0.3, 0.4) is 0 Å². The Morgan fingerprint density at radius 1 is 1.24 bits per heavy atom. The SMILES string of the molecule is CC1CC(CO[Si](O[Si](O)(C(C)C)C(C)C)(C(C)C)C(C)C)OC1(C#N)n1ccc(N)nc1=O. The number of hydrogen-bond acceptors (Lipinski definition) is 8. The first-order chi connectivity index (χ1) is 15.7. The van der Waals surface area contributed by atoms with Crippen molar-refractivity contribution in [3.63, 3.8) is 0 Å². The van der Waals surface area contributed by atoms with Crippen LogP contribution < -0.4 is 11.4 Å². The number of nitrogens with zero attached hydrogens (tertiary/aromatic N) is 3. The Morgan fingerprint density at radius 3 is 2.24 bits per heavy atom. The van der Waals surface area contributed by atoms with Gasteiger partial charge in [-0.15, -0.1) is 0 Å². The molecule has 0 bridgehead atoms. The van der Waals surface area contributed by atoms with Gasteiger partial charge in [-0.2, -0.15) is 10.2 Å². The minimum Gasteiger partial charge on any atom is -0.414 e. The van der Waals surface area contributed by atoms with Gasteiger partial charge in [0.2, 0.25) is 5.72 Å². The molecule has 2 rings (SSSR count). The summed E-state index contributed by atoms with van der Waals surface area (Å²) in [5.41, 5.74) is 3.71. The highest BCUT2D eigenvalue weighted by atomic mass is 28.5. The van der Waals surface area contributed by atoms with Gasteiger partial charge in [0.25, 0.3) is 0 Å². The van der Waals surface area contributed by atoms with Gasteiger partial charge in [0.15, 0.2) is 0 Å². The Bertz CT molecular complexity index is 930. The Labute approximate surface area is 205 Å². The summed E-state index contributed by atoms with van der Waals surface area (Å²) in [6.07, 6.45) is 1.57. The second kappa shape index (κ2) is 10.6. The molecule has 0 saturated carbocycles. The van der Waals surface area contributed by atoms with E-state index in [4.69, 9.17) is 19.0 Å². The van der Waals surface area contributed by atoms with Crippen molar-refractivity contribution in [3.8, 4) is 6.07 Å². The fraction of sp³-hybridized carbons (Fsp3) is 0.783. The highest BCUT2D eigenvalue weighted by Crippen LogP contribution is 2.44. The van der Waals surface area contributed by atoms with Crippen LogP contribution in [0.4, 0.5) is 5.82 Å². The standard InChI is InChI=1S/C23H42N4O5Si2/c1-15(2)33(29,16(3)4)32-34(17(5)6,18(7)8)30-13-20-12-19(9)23(14-24,31-20)27-11-10-21(25)26-22(27)28/h10-11,15-20,29H,12-13H2,1-9H3,(H2,25,26,28). The van der Waals surface area contributed by atoms with Gasteiger partial charge in [0.1, 0.15) is 11.9 Å². The summed E-state index contributed by atoms with van der Waals surface area (Å²) in [6, 6.07) is 3.68. The highest BCUT2D eigenvalue weighted by Gasteiger charge is 2.56. The topological polar surface area (TPSA) is 133 Å². The summed E-state index contributed by atoms with van der Waals surface area (Å²) >= 11 is 0. The van der Waals surface area contributed by atoms with E-state index in [0.717, 1.165) is 0 Å². The zero-order valence-corrected chi connectivity index (χ0v) is 24.0. The molecule has 0 aromatic carbocycles. The van der Waals surface area contributed by atoms with Gasteiger partial charge in [-0.05, 0) is 34.7 Å². The van der Waals surface area contributed by atoms with Crippen molar-refractivity contribution in [2.75, 3.05) is 12.3 Å². The molecule has 1 saturated heterocycles. The quantitative estimate of drug-likeness (QED) is 0.452. The molecule has 1 aliphatic heterocycles. The van der Waals surface area contributed by atoms with Crippen molar-refractivity contribution in [1.82, 2.24) is 9.55 Å². The lowest BCUT2D eigenvalue weighted by Crippen LogP contribution is -2.60. The number of anilines is 1. The fourth-order valence-corrected chi connectivity index (χ4v) is 14.7. The van der Waals surface area contributed by atoms with E-state index >= 15 is 0 Å². The first-order valence-corrected chi connectivity index (χ1v) is 16.2. The molecule has 0 amide bonds.